The number of imide groups is 1. The Balaban J connectivity index is 1.44. The number of nitrogens with zero attached hydrogens (tertiary/aromatic N) is 2. The minimum Gasteiger partial charge on any atom is -0.272 e. The summed E-state index contributed by atoms with van der Waals surface area (Å²) in [5.41, 5.74) is 0.828. The quantitative estimate of drug-likeness (QED) is 0.460. The molecule has 122 valence electrons. The fourth-order valence-electron chi connectivity index (χ4n) is 4.90. The summed E-state index contributed by atoms with van der Waals surface area (Å²) in [6.45, 7) is 0. The molecule has 1 aliphatic heterocycles. The lowest BCUT2D eigenvalue weighted by Gasteiger charge is -2.18. The van der Waals surface area contributed by atoms with E-state index >= 15 is 0 Å². The molecule has 4 nitrogen and oxygen atoms in total. The predicted molar refractivity (Wildman–Crippen MR) is 90.7 cm³/mol. The average Bonchev–Trinajstić information content (AvgIpc) is 3.15. The van der Waals surface area contributed by atoms with Gasteiger partial charge in [-0.1, -0.05) is 41.4 Å². The van der Waals surface area contributed by atoms with Gasteiger partial charge in [0.05, 0.1) is 23.1 Å². The molecule has 3 fully saturated rings. The van der Waals surface area contributed by atoms with Gasteiger partial charge in [-0.3, -0.25) is 9.59 Å². The fraction of sp³-hybridized carbons (Fsp3) is 0.389. The van der Waals surface area contributed by atoms with Crippen LogP contribution in [-0.2, 0) is 9.59 Å². The second kappa shape index (κ2) is 4.70. The van der Waals surface area contributed by atoms with Crippen molar-refractivity contribution in [2.45, 2.75) is 12.8 Å². The molecular weight excluding hydrogens is 347 g/mol. The van der Waals surface area contributed by atoms with Crippen LogP contribution in [0.5, 0.6) is 0 Å². The SMILES string of the molecule is O=C1[C@@H]2[C@@H](C(=O)N1/N=C\c1ccc(Cl)cc1Cl)[C@@H]1C=C[C@H]2C12CC2. The number of allylic oxidation sites excluding steroid dienone is 2. The molecule has 4 atom stereocenters. The normalized spacial score (nSPS) is 34.8. The number of halogens is 2. The molecule has 0 unspecified atom stereocenters. The number of fused-ring (bicyclic) bond motifs is 3. The Morgan fingerprint density at radius 3 is 2.25 bits per heavy atom. The van der Waals surface area contributed by atoms with Crippen LogP contribution in [-0.4, -0.2) is 23.0 Å². The first kappa shape index (κ1) is 14.7. The molecule has 0 N–H and O–H groups in total. The van der Waals surface area contributed by atoms with Gasteiger partial charge in [0.1, 0.15) is 0 Å². The summed E-state index contributed by atoms with van der Waals surface area (Å²) in [5.74, 6) is -0.379. The predicted octanol–water partition coefficient (Wildman–Crippen LogP) is 3.52. The maximum Gasteiger partial charge on any atom is 0.254 e. The van der Waals surface area contributed by atoms with Crippen molar-refractivity contribution in [2.75, 3.05) is 0 Å². The number of benzene rings is 1. The summed E-state index contributed by atoms with van der Waals surface area (Å²) in [6, 6.07) is 5.01. The molecule has 24 heavy (non-hydrogen) atoms. The number of hydrogen-bond acceptors (Lipinski definition) is 3. The second-order valence-corrected chi connectivity index (χ2v) is 7.96. The van der Waals surface area contributed by atoms with Crippen molar-refractivity contribution in [3.05, 3.63) is 46.0 Å². The zero-order chi connectivity index (χ0) is 16.6. The van der Waals surface area contributed by atoms with Gasteiger partial charge in [-0.25, -0.2) is 0 Å². The number of rotatable bonds is 2. The fourth-order valence-corrected chi connectivity index (χ4v) is 5.36. The summed E-state index contributed by atoms with van der Waals surface area (Å²) in [5, 5.41) is 6.15. The van der Waals surface area contributed by atoms with Crippen molar-refractivity contribution >= 4 is 41.2 Å². The molecule has 0 radical (unpaired) electrons. The molecule has 1 spiro atoms. The van der Waals surface area contributed by atoms with E-state index in [4.69, 9.17) is 23.2 Å². The Bertz CT molecular complexity index is 809. The lowest BCUT2D eigenvalue weighted by atomic mass is 9.85. The smallest absolute Gasteiger partial charge is 0.254 e. The third-order valence-electron chi connectivity index (χ3n) is 6.10. The Kier molecular flexibility index (Phi) is 2.88. The summed E-state index contributed by atoms with van der Waals surface area (Å²) in [6.07, 6.45) is 8.01. The van der Waals surface area contributed by atoms with E-state index in [1.165, 1.54) is 6.21 Å². The Morgan fingerprint density at radius 2 is 1.71 bits per heavy atom. The van der Waals surface area contributed by atoms with Crippen molar-refractivity contribution in [1.29, 1.82) is 0 Å². The Morgan fingerprint density at radius 1 is 1.08 bits per heavy atom. The highest BCUT2D eigenvalue weighted by Gasteiger charge is 2.73. The topological polar surface area (TPSA) is 49.7 Å². The summed E-state index contributed by atoms with van der Waals surface area (Å²) in [4.78, 5) is 25.5. The maximum absolute atomic E-state index is 12.8. The minimum absolute atomic E-state index is 0.172. The van der Waals surface area contributed by atoms with Gasteiger partial charge < -0.3 is 0 Å². The van der Waals surface area contributed by atoms with Crippen LogP contribution in [0.3, 0.4) is 0 Å². The molecule has 1 saturated heterocycles. The van der Waals surface area contributed by atoms with E-state index < -0.39 is 0 Å². The molecule has 1 aromatic rings. The summed E-state index contributed by atoms with van der Waals surface area (Å²) < 4.78 is 0. The molecule has 3 aliphatic carbocycles. The number of carbonyl (C=O) groups excluding carboxylic acids is 2. The number of hydrazone groups is 1. The third-order valence-corrected chi connectivity index (χ3v) is 6.67. The van der Waals surface area contributed by atoms with Crippen LogP contribution in [0.2, 0.25) is 10.0 Å². The molecule has 2 bridgehead atoms. The van der Waals surface area contributed by atoms with E-state index in [0.717, 1.165) is 17.9 Å². The van der Waals surface area contributed by atoms with Crippen LogP contribution in [0, 0.1) is 29.1 Å². The monoisotopic (exact) mass is 360 g/mol. The van der Waals surface area contributed by atoms with Gasteiger partial charge >= 0.3 is 0 Å². The molecule has 2 amide bonds. The summed E-state index contributed by atoms with van der Waals surface area (Å²) in [7, 11) is 0. The number of amides is 2. The Hall–Kier alpha value is -1.65. The van der Waals surface area contributed by atoms with Gasteiger partial charge in [0.15, 0.2) is 0 Å². The highest BCUT2D eigenvalue weighted by atomic mass is 35.5. The molecule has 2 saturated carbocycles. The van der Waals surface area contributed by atoms with Crippen LogP contribution >= 0.6 is 23.2 Å². The van der Waals surface area contributed by atoms with E-state index in [9.17, 15) is 9.59 Å². The highest BCUT2D eigenvalue weighted by molar-refractivity contribution is 6.36. The van der Waals surface area contributed by atoms with Crippen molar-refractivity contribution in [3.8, 4) is 0 Å². The first-order chi connectivity index (χ1) is 11.5. The molecule has 6 heteroatoms. The van der Waals surface area contributed by atoms with Gasteiger partial charge in [0, 0.05) is 10.6 Å². The van der Waals surface area contributed by atoms with Gasteiger partial charge in [-0.2, -0.15) is 10.1 Å². The van der Waals surface area contributed by atoms with Crippen molar-refractivity contribution in [3.63, 3.8) is 0 Å². The van der Waals surface area contributed by atoms with E-state index in [1.807, 2.05) is 0 Å². The van der Waals surface area contributed by atoms with Gasteiger partial charge in [-0.15, -0.1) is 0 Å². The van der Waals surface area contributed by atoms with Crippen molar-refractivity contribution in [2.24, 2.45) is 34.2 Å². The minimum atomic E-state index is -0.229. The van der Waals surface area contributed by atoms with Crippen LogP contribution in [0.1, 0.15) is 18.4 Å². The van der Waals surface area contributed by atoms with Crippen LogP contribution < -0.4 is 0 Å². The van der Waals surface area contributed by atoms with E-state index in [-0.39, 0.29) is 40.9 Å². The van der Waals surface area contributed by atoms with Crippen LogP contribution in [0.15, 0.2) is 35.5 Å². The molecular formula is C18H14Cl2N2O2. The molecule has 1 aromatic carbocycles. The zero-order valence-corrected chi connectivity index (χ0v) is 14.2. The average molecular weight is 361 g/mol. The van der Waals surface area contributed by atoms with Gasteiger partial charge in [-0.05, 0) is 42.2 Å². The molecule has 0 aromatic heterocycles. The third kappa shape index (κ3) is 1.73. The van der Waals surface area contributed by atoms with E-state index in [0.29, 0.717) is 15.6 Å². The van der Waals surface area contributed by atoms with Gasteiger partial charge in [0.25, 0.3) is 11.8 Å². The Labute approximate surface area is 149 Å². The first-order valence-corrected chi connectivity index (χ1v) is 8.84. The molecule has 5 rings (SSSR count). The van der Waals surface area contributed by atoms with E-state index in [1.54, 1.807) is 18.2 Å². The second-order valence-electron chi connectivity index (χ2n) is 7.12. The first-order valence-electron chi connectivity index (χ1n) is 8.08. The highest BCUT2D eigenvalue weighted by Crippen LogP contribution is 2.73. The van der Waals surface area contributed by atoms with E-state index in [2.05, 4.69) is 17.3 Å². The maximum atomic E-state index is 12.8. The standard InChI is InChI=1S/C18H14Cl2N2O2/c19-10-2-1-9(13(20)7-10)8-21-22-16(23)14-11-3-4-12(15(14)17(22)24)18(11)5-6-18/h1-4,7-8,11-12,14-15H,5-6H2/b21-8-/t11-,12+,14-,15-/m0/s1. The van der Waals surface area contributed by atoms with Gasteiger partial charge in [0.2, 0.25) is 0 Å². The summed E-state index contributed by atoms with van der Waals surface area (Å²) >= 11 is 12.0. The number of hydrogen-bond donors (Lipinski definition) is 0. The lowest BCUT2D eigenvalue weighted by molar-refractivity contribution is -0.141. The lowest BCUT2D eigenvalue weighted by Crippen LogP contribution is -2.30. The van der Waals surface area contributed by atoms with Crippen molar-refractivity contribution < 1.29 is 9.59 Å². The van der Waals surface area contributed by atoms with Crippen LogP contribution in [0.4, 0.5) is 0 Å². The largest absolute Gasteiger partial charge is 0.272 e. The van der Waals surface area contributed by atoms with Crippen LogP contribution in [0.25, 0.3) is 0 Å². The van der Waals surface area contributed by atoms with Crippen molar-refractivity contribution in [1.82, 2.24) is 5.01 Å². The zero-order valence-electron chi connectivity index (χ0n) is 12.7. The molecule has 4 aliphatic rings. The number of carbonyl (C=O) groups is 2. The molecule has 1 heterocycles.